The molecule has 5 rings (SSSR count). The molecule has 1 aliphatic carbocycles. The number of carbonyl (C=O) groups excluding carboxylic acids is 2. The summed E-state index contributed by atoms with van der Waals surface area (Å²) in [6.07, 6.45) is 11.4. The molecule has 3 aliphatic heterocycles. The van der Waals surface area contributed by atoms with Crippen molar-refractivity contribution < 1.29 is 14.0 Å². The monoisotopic (exact) mass is 426 g/mol. The van der Waals surface area contributed by atoms with Crippen LogP contribution in [0.3, 0.4) is 0 Å². The van der Waals surface area contributed by atoms with E-state index in [1.807, 2.05) is 4.90 Å². The zero-order valence-corrected chi connectivity index (χ0v) is 18.6. The SMILES string of the molecule is Cc1cc(=O)cc(C(=O)N2C[C@H]3C[C@@H](C2)[C@H](CC2CCCCC2)N2C(=O)CCC[C@@H]32)o1. The number of rotatable bonds is 3. The molecule has 4 atom stereocenters. The summed E-state index contributed by atoms with van der Waals surface area (Å²) in [7, 11) is 0. The van der Waals surface area contributed by atoms with Crippen LogP contribution >= 0.6 is 0 Å². The topological polar surface area (TPSA) is 70.8 Å². The minimum Gasteiger partial charge on any atom is -0.456 e. The molecular formula is C25H34N2O4. The van der Waals surface area contributed by atoms with Crippen molar-refractivity contribution in [3.63, 3.8) is 0 Å². The summed E-state index contributed by atoms with van der Waals surface area (Å²) in [6.45, 7) is 3.01. The van der Waals surface area contributed by atoms with Crippen LogP contribution in [0.1, 0.15) is 80.5 Å². The Labute approximate surface area is 184 Å². The zero-order valence-electron chi connectivity index (χ0n) is 18.6. The Balaban J connectivity index is 1.41. The van der Waals surface area contributed by atoms with Gasteiger partial charge in [-0.05, 0) is 50.4 Å². The molecule has 1 aromatic heterocycles. The number of nitrogens with zero attached hydrogens (tertiary/aromatic N) is 2. The van der Waals surface area contributed by atoms with E-state index in [1.165, 1.54) is 44.2 Å². The average molecular weight is 427 g/mol. The van der Waals surface area contributed by atoms with Gasteiger partial charge < -0.3 is 14.2 Å². The molecular weight excluding hydrogens is 392 g/mol. The van der Waals surface area contributed by atoms with Gasteiger partial charge in [0.05, 0.1) is 0 Å². The van der Waals surface area contributed by atoms with E-state index in [4.69, 9.17) is 4.42 Å². The van der Waals surface area contributed by atoms with Crippen LogP contribution in [0.2, 0.25) is 0 Å². The second-order valence-electron chi connectivity index (χ2n) is 10.3. The maximum atomic E-state index is 13.3. The molecule has 4 aliphatic rings. The van der Waals surface area contributed by atoms with Crippen LogP contribution in [0.25, 0.3) is 0 Å². The van der Waals surface area contributed by atoms with E-state index >= 15 is 0 Å². The van der Waals surface area contributed by atoms with Gasteiger partial charge in [-0.1, -0.05) is 32.1 Å². The lowest BCUT2D eigenvalue weighted by Gasteiger charge is -2.57. The standard InChI is InChI=1S/C25H34N2O4/c1-16-10-20(28)13-23(31-16)25(30)26-14-18-12-19(15-26)22(11-17-6-3-2-4-7-17)27-21(18)8-5-9-24(27)29/h10,13,17-19,21-22H,2-9,11-12,14-15H2,1H3/t18-,19+,21+,22+/m1/s1. The fourth-order valence-electron chi connectivity index (χ4n) is 6.87. The van der Waals surface area contributed by atoms with Gasteiger partial charge in [-0.3, -0.25) is 14.4 Å². The minimum atomic E-state index is -0.191. The van der Waals surface area contributed by atoms with E-state index < -0.39 is 0 Å². The molecule has 2 bridgehead atoms. The number of piperidine rings is 3. The summed E-state index contributed by atoms with van der Waals surface area (Å²) in [4.78, 5) is 42.4. The van der Waals surface area contributed by atoms with Crippen molar-refractivity contribution in [2.24, 2.45) is 17.8 Å². The number of hydrogen-bond donors (Lipinski definition) is 0. The Morgan fingerprint density at radius 3 is 2.58 bits per heavy atom. The zero-order chi connectivity index (χ0) is 21.5. The predicted molar refractivity (Wildman–Crippen MR) is 117 cm³/mol. The van der Waals surface area contributed by atoms with Crippen molar-refractivity contribution in [3.8, 4) is 0 Å². The largest absolute Gasteiger partial charge is 0.456 e. The molecule has 0 radical (unpaired) electrons. The van der Waals surface area contributed by atoms with E-state index in [0.29, 0.717) is 48.9 Å². The summed E-state index contributed by atoms with van der Waals surface area (Å²) in [5, 5.41) is 0. The van der Waals surface area contributed by atoms with E-state index in [1.54, 1.807) is 6.92 Å². The summed E-state index contributed by atoms with van der Waals surface area (Å²) in [6, 6.07) is 3.23. The predicted octanol–water partition coefficient (Wildman–Crippen LogP) is 3.76. The molecule has 3 saturated heterocycles. The van der Waals surface area contributed by atoms with Gasteiger partial charge in [0, 0.05) is 43.7 Å². The average Bonchev–Trinajstić information content (AvgIpc) is 2.76. The van der Waals surface area contributed by atoms with Crippen molar-refractivity contribution in [1.29, 1.82) is 0 Å². The molecule has 6 nitrogen and oxygen atoms in total. The lowest BCUT2D eigenvalue weighted by molar-refractivity contribution is -0.153. The minimum absolute atomic E-state index is 0.144. The van der Waals surface area contributed by atoms with Gasteiger partial charge in [-0.15, -0.1) is 0 Å². The maximum Gasteiger partial charge on any atom is 0.289 e. The first-order valence-corrected chi connectivity index (χ1v) is 12.2. The van der Waals surface area contributed by atoms with Crippen molar-refractivity contribution in [1.82, 2.24) is 9.80 Å². The van der Waals surface area contributed by atoms with Gasteiger partial charge in [0.2, 0.25) is 5.91 Å². The van der Waals surface area contributed by atoms with Crippen LogP contribution < -0.4 is 5.43 Å². The van der Waals surface area contributed by atoms with Crippen LogP contribution in [0.5, 0.6) is 0 Å². The van der Waals surface area contributed by atoms with Gasteiger partial charge in [0.15, 0.2) is 11.2 Å². The Morgan fingerprint density at radius 1 is 1.03 bits per heavy atom. The van der Waals surface area contributed by atoms with E-state index in [0.717, 1.165) is 25.7 Å². The summed E-state index contributed by atoms with van der Waals surface area (Å²) < 4.78 is 5.61. The lowest BCUT2D eigenvalue weighted by Crippen LogP contribution is -2.65. The smallest absolute Gasteiger partial charge is 0.289 e. The molecule has 0 aromatic carbocycles. The van der Waals surface area contributed by atoms with Crippen molar-refractivity contribution in [2.45, 2.75) is 83.2 Å². The molecule has 2 amide bonds. The first-order valence-electron chi connectivity index (χ1n) is 12.2. The molecule has 1 aromatic rings. The summed E-state index contributed by atoms with van der Waals surface area (Å²) >= 11 is 0. The molecule has 4 fully saturated rings. The molecule has 0 N–H and O–H groups in total. The third-order valence-corrected chi connectivity index (χ3v) is 8.18. The molecule has 168 valence electrons. The number of fused-ring (bicyclic) bond motifs is 4. The van der Waals surface area contributed by atoms with Gasteiger partial charge >= 0.3 is 0 Å². The van der Waals surface area contributed by atoms with Crippen LogP contribution in [0.15, 0.2) is 21.3 Å². The first kappa shape index (κ1) is 20.8. The van der Waals surface area contributed by atoms with Crippen molar-refractivity contribution >= 4 is 11.8 Å². The highest BCUT2D eigenvalue weighted by Gasteiger charge is 2.50. The number of hydrogen-bond acceptors (Lipinski definition) is 4. The second-order valence-corrected chi connectivity index (χ2v) is 10.3. The quantitative estimate of drug-likeness (QED) is 0.738. The summed E-state index contributed by atoms with van der Waals surface area (Å²) in [5.74, 6) is 2.11. The summed E-state index contributed by atoms with van der Waals surface area (Å²) in [5.41, 5.74) is -0.191. The Kier molecular flexibility index (Phi) is 5.65. The maximum absolute atomic E-state index is 13.3. The van der Waals surface area contributed by atoms with E-state index in [2.05, 4.69) is 4.90 Å². The van der Waals surface area contributed by atoms with Gasteiger partial charge in [-0.2, -0.15) is 0 Å². The number of likely N-dealkylation sites (tertiary alicyclic amines) is 1. The molecule has 6 heteroatoms. The van der Waals surface area contributed by atoms with Gasteiger partial charge in [0.1, 0.15) is 5.76 Å². The van der Waals surface area contributed by atoms with E-state index in [-0.39, 0.29) is 29.2 Å². The third-order valence-electron chi connectivity index (χ3n) is 8.18. The highest BCUT2D eigenvalue weighted by molar-refractivity contribution is 5.91. The van der Waals surface area contributed by atoms with Gasteiger partial charge in [0.25, 0.3) is 5.91 Å². The van der Waals surface area contributed by atoms with Crippen molar-refractivity contribution in [2.75, 3.05) is 13.1 Å². The van der Waals surface area contributed by atoms with Crippen LogP contribution in [0, 0.1) is 24.7 Å². The Bertz CT molecular complexity index is 903. The van der Waals surface area contributed by atoms with E-state index in [9.17, 15) is 14.4 Å². The van der Waals surface area contributed by atoms with Crippen molar-refractivity contribution in [3.05, 3.63) is 33.9 Å². The highest BCUT2D eigenvalue weighted by Crippen LogP contribution is 2.44. The lowest BCUT2D eigenvalue weighted by atomic mass is 9.69. The fourth-order valence-corrected chi connectivity index (χ4v) is 6.87. The Hall–Kier alpha value is -2.11. The first-order chi connectivity index (χ1) is 15.0. The molecule has 31 heavy (non-hydrogen) atoms. The Morgan fingerprint density at radius 2 is 1.81 bits per heavy atom. The number of aryl methyl sites for hydroxylation is 1. The molecule has 4 heterocycles. The number of carbonyl (C=O) groups is 2. The van der Waals surface area contributed by atoms with Gasteiger partial charge in [-0.25, -0.2) is 0 Å². The highest BCUT2D eigenvalue weighted by atomic mass is 16.3. The second kappa shape index (κ2) is 8.44. The van der Waals surface area contributed by atoms with Crippen LogP contribution in [0.4, 0.5) is 0 Å². The third kappa shape index (κ3) is 4.06. The van der Waals surface area contributed by atoms with Crippen LogP contribution in [-0.2, 0) is 4.79 Å². The normalized spacial score (nSPS) is 31.5. The fraction of sp³-hybridized carbons (Fsp3) is 0.720. The number of amides is 2. The van der Waals surface area contributed by atoms with Crippen LogP contribution in [-0.4, -0.2) is 46.8 Å². The molecule has 1 saturated carbocycles. The molecule has 0 spiro atoms. The molecule has 0 unspecified atom stereocenters.